The fourth-order valence-corrected chi connectivity index (χ4v) is 3.24. The van der Waals surface area contributed by atoms with E-state index >= 15 is 0 Å². The molecule has 24 heavy (non-hydrogen) atoms. The predicted octanol–water partition coefficient (Wildman–Crippen LogP) is 1.86. The Morgan fingerprint density at radius 3 is 2.79 bits per heavy atom. The maximum Gasteiger partial charge on any atom is 0.279 e. The van der Waals surface area contributed by atoms with Gasteiger partial charge in [-0.3, -0.25) is 4.79 Å². The van der Waals surface area contributed by atoms with Crippen LogP contribution < -0.4 is 5.56 Å². The van der Waals surface area contributed by atoms with E-state index in [1.165, 1.54) is 0 Å². The zero-order valence-corrected chi connectivity index (χ0v) is 13.5. The number of fused-ring (bicyclic) bond motifs is 1. The van der Waals surface area contributed by atoms with Crippen LogP contribution in [0, 0.1) is 5.92 Å². The molecule has 1 N–H and O–H groups in total. The maximum absolute atomic E-state index is 11.9. The van der Waals surface area contributed by atoms with Crippen molar-refractivity contribution in [1.82, 2.24) is 25.2 Å². The van der Waals surface area contributed by atoms with Crippen molar-refractivity contribution in [3.05, 3.63) is 40.4 Å². The molecule has 0 aliphatic carbocycles. The van der Waals surface area contributed by atoms with E-state index in [1.807, 2.05) is 18.2 Å². The number of nitrogens with zero attached hydrogens (tertiary/aromatic N) is 4. The van der Waals surface area contributed by atoms with Crippen LogP contribution >= 0.6 is 0 Å². The van der Waals surface area contributed by atoms with Gasteiger partial charge >= 0.3 is 0 Å². The van der Waals surface area contributed by atoms with E-state index in [9.17, 15) is 4.79 Å². The summed E-state index contributed by atoms with van der Waals surface area (Å²) in [6, 6.07) is 7.28. The van der Waals surface area contributed by atoms with E-state index in [1.54, 1.807) is 6.07 Å². The average molecular weight is 325 g/mol. The first-order chi connectivity index (χ1) is 11.7. The highest BCUT2D eigenvalue weighted by Crippen LogP contribution is 2.24. The van der Waals surface area contributed by atoms with Crippen molar-refractivity contribution in [2.75, 3.05) is 20.1 Å². The molecule has 3 aromatic rings. The lowest BCUT2D eigenvalue weighted by Gasteiger charge is -2.27. The fraction of sp³-hybridized carbons (Fsp3) is 0.412. The molecule has 2 aromatic heterocycles. The summed E-state index contributed by atoms with van der Waals surface area (Å²) in [5, 5.41) is 12.0. The van der Waals surface area contributed by atoms with Crippen molar-refractivity contribution in [3.8, 4) is 11.6 Å². The molecule has 0 bridgehead atoms. The number of piperidine rings is 1. The summed E-state index contributed by atoms with van der Waals surface area (Å²) in [4.78, 5) is 18.7. The Labute approximate surface area is 138 Å². The van der Waals surface area contributed by atoms with E-state index in [0.717, 1.165) is 37.7 Å². The molecule has 7 nitrogen and oxygen atoms in total. The molecule has 1 aliphatic rings. The monoisotopic (exact) mass is 325 g/mol. The fourth-order valence-electron chi connectivity index (χ4n) is 3.24. The number of benzene rings is 1. The van der Waals surface area contributed by atoms with Gasteiger partial charge in [-0.25, -0.2) is 5.10 Å². The van der Waals surface area contributed by atoms with Crippen molar-refractivity contribution in [2.24, 2.45) is 5.92 Å². The summed E-state index contributed by atoms with van der Waals surface area (Å²) >= 11 is 0. The van der Waals surface area contributed by atoms with Gasteiger partial charge in [0.05, 0.1) is 5.39 Å². The van der Waals surface area contributed by atoms with Crippen LogP contribution in [0.15, 0.2) is 33.6 Å². The second kappa shape index (κ2) is 6.16. The Hall–Kier alpha value is -2.54. The zero-order chi connectivity index (χ0) is 16.5. The van der Waals surface area contributed by atoms with Crippen molar-refractivity contribution in [2.45, 2.75) is 19.3 Å². The van der Waals surface area contributed by atoms with Gasteiger partial charge in [-0.1, -0.05) is 23.4 Å². The number of rotatable bonds is 3. The van der Waals surface area contributed by atoms with Gasteiger partial charge in [-0.15, -0.1) is 0 Å². The first-order valence-corrected chi connectivity index (χ1v) is 8.19. The Kier molecular flexibility index (Phi) is 3.86. The van der Waals surface area contributed by atoms with E-state index in [4.69, 9.17) is 4.52 Å². The molecule has 0 radical (unpaired) electrons. The quantitative estimate of drug-likeness (QED) is 0.791. The number of likely N-dealkylation sites (tertiary alicyclic amines) is 1. The summed E-state index contributed by atoms with van der Waals surface area (Å²) < 4.78 is 5.41. The van der Waals surface area contributed by atoms with E-state index in [-0.39, 0.29) is 5.56 Å². The molecular formula is C17H19N5O2. The first kappa shape index (κ1) is 15.0. The minimum Gasteiger partial charge on any atom is -0.332 e. The third kappa shape index (κ3) is 2.82. The smallest absolute Gasteiger partial charge is 0.279 e. The van der Waals surface area contributed by atoms with Crippen molar-refractivity contribution in [3.63, 3.8) is 0 Å². The Balaban J connectivity index is 1.61. The molecule has 1 aromatic carbocycles. The zero-order valence-electron chi connectivity index (χ0n) is 13.5. The molecule has 1 fully saturated rings. The largest absolute Gasteiger partial charge is 0.332 e. The van der Waals surface area contributed by atoms with Crippen LogP contribution in [-0.4, -0.2) is 45.4 Å². The number of aromatic nitrogens is 4. The van der Waals surface area contributed by atoms with Crippen molar-refractivity contribution < 1.29 is 4.52 Å². The molecule has 4 rings (SSSR count). The van der Waals surface area contributed by atoms with Crippen LogP contribution in [0.2, 0.25) is 0 Å². The highest BCUT2D eigenvalue weighted by molar-refractivity contribution is 5.91. The van der Waals surface area contributed by atoms with Crippen LogP contribution in [0.1, 0.15) is 18.7 Å². The lowest BCUT2D eigenvalue weighted by atomic mass is 9.94. The number of nitrogens with one attached hydrogen (secondary N) is 1. The summed E-state index contributed by atoms with van der Waals surface area (Å²) in [7, 11) is 2.15. The Morgan fingerprint density at radius 2 is 2.00 bits per heavy atom. The van der Waals surface area contributed by atoms with Gasteiger partial charge in [0.25, 0.3) is 11.4 Å². The number of H-pyrrole nitrogens is 1. The van der Waals surface area contributed by atoms with Gasteiger partial charge in [-0.05, 0) is 45.0 Å². The Morgan fingerprint density at radius 1 is 1.25 bits per heavy atom. The number of hydrogen-bond donors (Lipinski definition) is 1. The van der Waals surface area contributed by atoms with Gasteiger partial charge in [0.1, 0.15) is 0 Å². The predicted molar refractivity (Wildman–Crippen MR) is 89.6 cm³/mol. The molecular weight excluding hydrogens is 306 g/mol. The van der Waals surface area contributed by atoms with Gasteiger partial charge in [-0.2, -0.15) is 10.1 Å². The topological polar surface area (TPSA) is 87.9 Å². The van der Waals surface area contributed by atoms with E-state index in [2.05, 4.69) is 32.3 Å². The molecule has 1 aliphatic heterocycles. The second-order valence-electron chi connectivity index (χ2n) is 6.41. The lowest BCUT2D eigenvalue weighted by Crippen LogP contribution is -2.31. The van der Waals surface area contributed by atoms with Crippen molar-refractivity contribution in [1.29, 1.82) is 0 Å². The molecule has 3 heterocycles. The van der Waals surface area contributed by atoms with Crippen LogP contribution in [0.4, 0.5) is 0 Å². The normalized spacial score (nSPS) is 16.7. The SMILES string of the molecule is CN1CCC(Cc2noc(-c3n[nH]c(=O)c4ccccc34)n2)CC1. The highest BCUT2D eigenvalue weighted by Gasteiger charge is 2.21. The molecule has 0 amide bonds. The van der Waals surface area contributed by atoms with Gasteiger partial charge in [0, 0.05) is 11.8 Å². The average Bonchev–Trinajstić information content (AvgIpc) is 3.06. The highest BCUT2D eigenvalue weighted by atomic mass is 16.5. The molecule has 124 valence electrons. The molecule has 1 saturated heterocycles. The van der Waals surface area contributed by atoms with Crippen LogP contribution in [0.5, 0.6) is 0 Å². The van der Waals surface area contributed by atoms with Gasteiger partial charge in [0.15, 0.2) is 11.5 Å². The summed E-state index contributed by atoms with van der Waals surface area (Å²) in [5.41, 5.74) is 0.299. The molecule has 0 saturated carbocycles. The lowest BCUT2D eigenvalue weighted by molar-refractivity contribution is 0.216. The maximum atomic E-state index is 11.9. The summed E-state index contributed by atoms with van der Waals surface area (Å²) in [6.07, 6.45) is 3.12. The molecule has 0 unspecified atom stereocenters. The van der Waals surface area contributed by atoms with E-state index in [0.29, 0.717) is 28.7 Å². The molecule has 0 spiro atoms. The summed E-state index contributed by atoms with van der Waals surface area (Å²) in [6.45, 7) is 2.23. The van der Waals surface area contributed by atoms with Crippen LogP contribution in [-0.2, 0) is 6.42 Å². The van der Waals surface area contributed by atoms with Gasteiger partial charge in [0.2, 0.25) is 0 Å². The van der Waals surface area contributed by atoms with Crippen molar-refractivity contribution >= 4 is 10.8 Å². The van der Waals surface area contributed by atoms with Crippen LogP contribution in [0.25, 0.3) is 22.4 Å². The number of hydrogen-bond acceptors (Lipinski definition) is 6. The molecule has 0 atom stereocenters. The first-order valence-electron chi connectivity index (χ1n) is 8.19. The Bertz CT molecular complexity index is 908. The summed E-state index contributed by atoms with van der Waals surface area (Å²) in [5.74, 6) is 1.65. The minimum absolute atomic E-state index is 0.222. The number of aromatic amines is 1. The third-order valence-corrected chi connectivity index (χ3v) is 4.68. The van der Waals surface area contributed by atoms with E-state index < -0.39 is 0 Å². The minimum atomic E-state index is -0.222. The van der Waals surface area contributed by atoms with Crippen LogP contribution in [0.3, 0.4) is 0 Å². The van der Waals surface area contributed by atoms with Gasteiger partial charge < -0.3 is 9.42 Å². The standard InChI is InChI=1S/C17H19N5O2/c1-22-8-6-11(7-9-22)10-14-18-17(24-21-14)15-12-4-2-3-5-13(12)16(23)20-19-15/h2-5,11H,6-10H2,1H3,(H,20,23). The third-order valence-electron chi connectivity index (χ3n) is 4.68. The second-order valence-corrected chi connectivity index (χ2v) is 6.41. The molecule has 7 heteroatoms.